The van der Waals surface area contributed by atoms with E-state index in [0.717, 1.165) is 18.4 Å². The Hall–Kier alpha value is -1.01. The average Bonchev–Trinajstić information content (AvgIpc) is 2.61. The second kappa shape index (κ2) is 6.18. The molecule has 0 spiro atoms. The molecule has 0 saturated carbocycles. The summed E-state index contributed by atoms with van der Waals surface area (Å²) in [5.41, 5.74) is 0.762. The highest BCUT2D eigenvalue weighted by atomic mass is 16.8. The third kappa shape index (κ3) is 2.35. The van der Waals surface area contributed by atoms with Crippen molar-refractivity contribution in [2.75, 3.05) is 27.4 Å². The summed E-state index contributed by atoms with van der Waals surface area (Å²) in [4.78, 5) is 11.9. The van der Waals surface area contributed by atoms with E-state index in [0.29, 0.717) is 19.6 Å². The zero-order chi connectivity index (χ0) is 14.6. The van der Waals surface area contributed by atoms with Gasteiger partial charge in [0.25, 0.3) is 5.79 Å². The van der Waals surface area contributed by atoms with Crippen molar-refractivity contribution in [1.29, 1.82) is 0 Å². The molecule has 0 amide bonds. The number of ether oxygens (including phenoxy) is 4. The van der Waals surface area contributed by atoms with E-state index in [2.05, 4.69) is 6.92 Å². The molecule has 0 aromatic heterocycles. The Morgan fingerprint density at radius 2 is 2.00 bits per heavy atom. The van der Waals surface area contributed by atoms with Gasteiger partial charge >= 0.3 is 0 Å². The van der Waals surface area contributed by atoms with Gasteiger partial charge in [-0.15, -0.1) is 0 Å². The molecule has 0 radical (unpaired) electrons. The topological polar surface area (TPSA) is 54.0 Å². The van der Waals surface area contributed by atoms with Gasteiger partial charge in [-0.05, 0) is 36.6 Å². The maximum Gasteiger partial charge on any atom is 0.251 e. The fourth-order valence-corrected chi connectivity index (χ4v) is 2.75. The van der Waals surface area contributed by atoms with E-state index >= 15 is 0 Å². The van der Waals surface area contributed by atoms with Crippen molar-refractivity contribution in [3.8, 4) is 0 Å². The number of carbonyl (C=O) groups is 1. The number of carbonyl (C=O) groups excluding carboxylic acids is 1. The maximum atomic E-state index is 11.9. The maximum absolute atomic E-state index is 11.9. The molecule has 2 atom stereocenters. The van der Waals surface area contributed by atoms with Crippen LogP contribution in [0.15, 0.2) is 23.8 Å². The fourth-order valence-electron chi connectivity index (χ4n) is 2.75. The van der Waals surface area contributed by atoms with Crippen LogP contribution in [0.25, 0.3) is 0 Å². The molecule has 0 N–H and O–H groups in total. The molecule has 112 valence electrons. The standard InChI is InChI=1S/C15H22O5/c1-4-5-6-12-11-13(16)7-8-14(17-2)15(12,18-3)20-10-9-19-14/h7-8,11H,4-6,9-10H2,1-3H3/t14-,15-/m0/s1. The molecule has 2 rings (SSSR count). The number of ketones is 1. The van der Waals surface area contributed by atoms with Crippen LogP contribution >= 0.6 is 0 Å². The van der Waals surface area contributed by atoms with E-state index < -0.39 is 11.6 Å². The van der Waals surface area contributed by atoms with E-state index in [1.54, 1.807) is 19.3 Å². The van der Waals surface area contributed by atoms with Crippen LogP contribution < -0.4 is 0 Å². The van der Waals surface area contributed by atoms with Gasteiger partial charge in [0.2, 0.25) is 5.79 Å². The molecule has 0 unspecified atom stereocenters. The first-order chi connectivity index (χ1) is 9.64. The highest BCUT2D eigenvalue weighted by molar-refractivity contribution is 6.00. The Bertz CT molecular complexity index is 428. The zero-order valence-corrected chi connectivity index (χ0v) is 12.3. The normalized spacial score (nSPS) is 33.5. The molecule has 1 heterocycles. The van der Waals surface area contributed by atoms with Crippen LogP contribution in [0, 0.1) is 0 Å². The highest BCUT2D eigenvalue weighted by Gasteiger charge is 2.59. The molecule has 1 fully saturated rings. The second-order valence-electron chi connectivity index (χ2n) is 4.90. The number of rotatable bonds is 5. The molecule has 1 aliphatic carbocycles. The third-order valence-corrected chi connectivity index (χ3v) is 3.76. The van der Waals surface area contributed by atoms with Crippen LogP contribution in [0.3, 0.4) is 0 Å². The first kappa shape index (κ1) is 15.4. The molecule has 1 saturated heterocycles. The number of hydrogen-bond donors (Lipinski definition) is 0. The van der Waals surface area contributed by atoms with Crippen molar-refractivity contribution in [2.24, 2.45) is 0 Å². The van der Waals surface area contributed by atoms with Gasteiger partial charge in [-0.25, -0.2) is 0 Å². The van der Waals surface area contributed by atoms with E-state index in [1.807, 2.05) is 0 Å². The first-order valence-electron chi connectivity index (χ1n) is 6.96. The van der Waals surface area contributed by atoms with Gasteiger partial charge in [0.15, 0.2) is 5.78 Å². The quantitative estimate of drug-likeness (QED) is 0.771. The summed E-state index contributed by atoms with van der Waals surface area (Å²) in [7, 11) is 3.08. The SMILES string of the molecule is CCCCC1=CC(=O)C=C[C@]2(OC)OCCO[C@@]12OC. The van der Waals surface area contributed by atoms with Crippen LogP contribution in [-0.4, -0.2) is 44.8 Å². The van der Waals surface area contributed by atoms with Crippen molar-refractivity contribution < 1.29 is 23.7 Å². The van der Waals surface area contributed by atoms with Crippen molar-refractivity contribution in [2.45, 2.75) is 37.8 Å². The minimum Gasteiger partial charge on any atom is -0.345 e. The monoisotopic (exact) mass is 282 g/mol. The van der Waals surface area contributed by atoms with E-state index in [-0.39, 0.29) is 5.78 Å². The first-order valence-corrected chi connectivity index (χ1v) is 6.96. The van der Waals surface area contributed by atoms with Gasteiger partial charge in [0.05, 0.1) is 13.2 Å². The molecule has 20 heavy (non-hydrogen) atoms. The van der Waals surface area contributed by atoms with Gasteiger partial charge in [-0.3, -0.25) is 4.79 Å². The summed E-state index contributed by atoms with van der Waals surface area (Å²) in [6.45, 7) is 2.88. The van der Waals surface area contributed by atoms with E-state index in [1.165, 1.54) is 13.2 Å². The van der Waals surface area contributed by atoms with Gasteiger partial charge in [0, 0.05) is 14.2 Å². The summed E-state index contributed by atoms with van der Waals surface area (Å²) in [5.74, 6) is -2.52. The van der Waals surface area contributed by atoms with Crippen LogP contribution in [0.5, 0.6) is 0 Å². The van der Waals surface area contributed by atoms with Crippen LogP contribution in [0.1, 0.15) is 26.2 Å². The Kier molecular flexibility index (Phi) is 4.75. The number of hydrogen-bond acceptors (Lipinski definition) is 5. The largest absolute Gasteiger partial charge is 0.345 e. The summed E-state index contributed by atoms with van der Waals surface area (Å²) in [6, 6.07) is 0. The minimum atomic E-state index is -1.22. The Labute approximate surface area is 119 Å². The summed E-state index contributed by atoms with van der Waals surface area (Å²) >= 11 is 0. The number of methoxy groups -OCH3 is 2. The molecule has 0 aromatic rings. The minimum absolute atomic E-state index is 0.106. The lowest BCUT2D eigenvalue weighted by atomic mass is 9.91. The van der Waals surface area contributed by atoms with Crippen LogP contribution in [0.2, 0.25) is 0 Å². The lowest BCUT2D eigenvalue weighted by molar-refractivity contribution is -0.394. The summed E-state index contributed by atoms with van der Waals surface area (Å²) < 4.78 is 22.9. The van der Waals surface area contributed by atoms with Crippen molar-refractivity contribution >= 4 is 5.78 Å². The van der Waals surface area contributed by atoms with Crippen molar-refractivity contribution in [3.63, 3.8) is 0 Å². The van der Waals surface area contributed by atoms with E-state index in [4.69, 9.17) is 18.9 Å². The predicted octanol–water partition coefficient (Wildman–Crippen LogP) is 1.97. The molecular formula is C15H22O5. The lowest BCUT2D eigenvalue weighted by Crippen LogP contribution is -2.63. The third-order valence-electron chi connectivity index (χ3n) is 3.76. The zero-order valence-electron chi connectivity index (χ0n) is 12.3. The molecular weight excluding hydrogens is 260 g/mol. The van der Waals surface area contributed by atoms with E-state index in [9.17, 15) is 4.79 Å². The van der Waals surface area contributed by atoms with Crippen LogP contribution in [0.4, 0.5) is 0 Å². The molecule has 0 bridgehead atoms. The Balaban J connectivity index is 2.50. The second-order valence-corrected chi connectivity index (χ2v) is 4.90. The number of fused-ring (bicyclic) bond motifs is 1. The Morgan fingerprint density at radius 1 is 1.25 bits per heavy atom. The fraction of sp³-hybridized carbons (Fsp3) is 0.667. The van der Waals surface area contributed by atoms with Gasteiger partial charge in [-0.2, -0.15) is 0 Å². The van der Waals surface area contributed by atoms with Crippen molar-refractivity contribution in [3.05, 3.63) is 23.8 Å². The lowest BCUT2D eigenvalue weighted by Gasteiger charge is -2.49. The van der Waals surface area contributed by atoms with Gasteiger partial charge in [-0.1, -0.05) is 13.3 Å². The van der Waals surface area contributed by atoms with Crippen LogP contribution in [-0.2, 0) is 23.7 Å². The molecule has 5 heteroatoms. The number of unbranched alkanes of at least 4 members (excludes halogenated alkanes) is 1. The molecule has 0 aromatic carbocycles. The van der Waals surface area contributed by atoms with Gasteiger partial charge < -0.3 is 18.9 Å². The average molecular weight is 282 g/mol. The van der Waals surface area contributed by atoms with Crippen molar-refractivity contribution in [1.82, 2.24) is 0 Å². The molecule has 1 aliphatic heterocycles. The number of allylic oxidation sites excluding steroid dienone is 2. The molecule has 2 aliphatic rings. The molecule has 5 nitrogen and oxygen atoms in total. The highest BCUT2D eigenvalue weighted by Crippen LogP contribution is 2.44. The summed E-state index contributed by atoms with van der Waals surface area (Å²) in [6.07, 6.45) is 7.27. The summed E-state index contributed by atoms with van der Waals surface area (Å²) in [5, 5.41) is 0. The Morgan fingerprint density at radius 3 is 2.65 bits per heavy atom. The smallest absolute Gasteiger partial charge is 0.251 e. The van der Waals surface area contributed by atoms with Gasteiger partial charge in [0.1, 0.15) is 0 Å². The predicted molar refractivity (Wildman–Crippen MR) is 73.1 cm³/mol.